The fourth-order valence-electron chi connectivity index (χ4n) is 4.27. The third kappa shape index (κ3) is 4.79. The number of anilines is 1. The van der Waals surface area contributed by atoms with E-state index >= 15 is 0 Å². The summed E-state index contributed by atoms with van der Waals surface area (Å²) in [6, 6.07) is 0. The van der Waals surface area contributed by atoms with Gasteiger partial charge >= 0.3 is 0 Å². The van der Waals surface area contributed by atoms with Crippen LogP contribution in [0, 0.1) is 0 Å². The fourth-order valence-corrected chi connectivity index (χ4v) is 6.65. The number of rotatable bonds is 6. The predicted octanol–water partition coefficient (Wildman–Crippen LogP) is 4.95. The van der Waals surface area contributed by atoms with E-state index in [2.05, 4.69) is 89.9 Å². The maximum Gasteiger partial charge on any atom is 0.206 e. The Bertz CT molecular complexity index is 891. The van der Waals surface area contributed by atoms with Crippen LogP contribution in [-0.2, 0) is 11.3 Å². The van der Waals surface area contributed by atoms with E-state index in [1.54, 1.807) is 0 Å². The van der Waals surface area contributed by atoms with Crippen molar-refractivity contribution in [1.82, 2.24) is 19.4 Å². The summed E-state index contributed by atoms with van der Waals surface area (Å²) in [6.07, 6.45) is 1.23. The quantitative estimate of drug-likeness (QED) is 0.321. The smallest absolute Gasteiger partial charge is 0.206 e. The van der Waals surface area contributed by atoms with Crippen LogP contribution in [0.15, 0.2) is 17.9 Å². The van der Waals surface area contributed by atoms with Gasteiger partial charge in [-0.15, -0.1) is 0 Å². The Hall–Kier alpha value is 0.290. The standard InChI is InChI=1S/C20H27Br4N5O/c1-2-29-19-17(24)15(22)14(21)16(23)18(19)25-20(29)28-8-6-26(7-9-28)4-3-5-27-10-12-30-13-11-27/h2-13H2,1H3. The molecule has 2 aliphatic rings. The van der Waals surface area contributed by atoms with Crippen LogP contribution in [0.1, 0.15) is 13.3 Å². The number of fused-ring (bicyclic) bond motifs is 1. The molecule has 0 saturated carbocycles. The summed E-state index contributed by atoms with van der Waals surface area (Å²) in [4.78, 5) is 12.6. The summed E-state index contributed by atoms with van der Waals surface area (Å²) < 4.78 is 11.8. The highest BCUT2D eigenvalue weighted by molar-refractivity contribution is 9.15. The van der Waals surface area contributed by atoms with Crippen molar-refractivity contribution in [3.8, 4) is 0 Å². The molecule has 0 aliphatic carbocycles. The van der Waals surface area contributed by atoms with Crippen LogP contribution >= 0.6 is 63.7 Å². The summed E-state index contributed by atoms with van der Waals surface area (Å²) in [5.74, 6) is 1.06. The van der Waals surface area contributed by atoms with E-state index < -0.39 is 0 Å². The lowest BCUT2D eigenvalue weighted by Crippen LogP contribution is -2.48. The molecule has 2 aliphatic heterocycles. The highest BCUT2D eigenvalue weighted by atomic mass is 79.9. The number of morpholine rings is 1. The van der Waals surface area contributed by atoms with Crippen molar-refractivity contribution in [1.29, 1.82) is 0 Å². The second kappa shape index (κ2) is 10.5. The summed E-state index contributed by atoms with van der Waals surface area (Å²) >= 11 is 14.8. The van der Waals surface area contributed by atoms with Gasteiger partial charge in [-0.1, -0.05) is 0 Å². The van der Waals surface area contributed by atoms with Crippen LogP contribution < -0.4 is 4.90 Å². The third-order valence-corrected chi connectivity index (χ3v) is 10.7. The molecule has 30 heavy (non-hydrogen) atoms. The first kappa shape index (κ1) is 23.4. The average Bonchev–Trinajstić information content (AvgIpc) is 3.17. The SMILES string of the molecule is CCn1c(N2CCN(CCCN3CCOCC3)CC2)nc2c(Br)c(Br)c(Br)c(Br)c21. The summed E-state index contributed by atoms with van der Waals surface area (Å²) in [7, 11) is 0. The van der Waals surface area contributed by atoms with Gasteiger partial charge in [0.25, 0.3) is 0 Å². The molecule has 0 amide bonds. The molecule has 0 radical (unpaired) electrons. The second-order valence-electron chi connectivity index (χ2n) is 7.75. The number of piperazine rings is 1. The number of halogens is 4. The first-order valence-corrected chi connectivity index (χ1v) is 13.7. The van der Waals surface area contributed by atoms with Crippen molar-refractivity contribution in [3.63, 3.8) is 0 Å². The molecule has 0 N–H and O–H groups in total. The molecular weight excluding hydrogens is 646 g/mol. The number of ether oxygens (including phenoxy) is 1. The number of aromatic nitrogens is 2. The Morgan fingerprint density at radius 2 is 1.40 bits per heavy atom. The van der Waals surface area contributed by atoms with E-state index in [1.165, 1.54) is 19.5 Å². The highest BCUT2D eigenvalue weighted by Gasteiger charge is 2.26. The topological polar surface area (TPSA) is 36.8 Å². The molecule has 0 unspecified atom stereocenters. The van der Waals surface area contributed by atoms with Gasteiger partial charge in [0.05, 0.1) is 27.7 Å². The van der Waals surface area contributed by atoms with Crippen molar-refractivity contribution in [2.24, 2.45) is 0 Å². The molecule has 1 aromatic heterocycles. The number of aryl methyl sites for hydroxylation is 1. The molecule has 2 aromatic rings. The molecular formula is C20H27Br4N5O. The van der Waals surface area contributed by atoms with E-state index in [0.29, 0.717) is 0 Å². The van der Waals surface area contributed by atoms with Crippen LogP contribution in [0.5, 0.6) is 0 Å². The van der Waals surface area contributed by atoms with E-state index in [0.717, 1.165) is 93.9 Å². The number of nitrogens with zero attached hydrogens (tertiary/aromatic N) is 5. The predicted molar refractivity (Wildman–Crippen MR) is 137 cm³/mol. The van der Waals surface area contributed by atoms with Crippen molar-refractivity contribution >= 4 is 80.7 Å². The lowest BCUT2D eigenvalue weighted by molar-refractivity contribution is 0.0360. The molecule has 166 valence electrons. The van der Waals surface area contributed by atoms with Crippen molar-refractivity contribution in [2.45, 2.75) is 19.9 Å². The molecule has 0 atom stereocenters. The molecule has 4 rings (SSSR count). The molecule has 0 spiro atoms. The minimum Gasteiger partial charge on any atom is -0.379 e. The van der Waals surface area contributed by atoms with E-state index in [1.807, 2.05) is 0 Å². The van der Waals surface area contributed by atoms with Gasteiger partial charge in [0.2, 0.25) is 5.95 Å². The maximum atomic E-state index is 5.44. The number of imidazole rings is 1. The molecule has 2 fully saturated rings. The molecule has 1 aromatic carbocycles. The van der Waals surface area contributed by atoms with E-state index in [9.17, 15) is 0 Å². The summed E-state index contributed by atoms with van der Waals surface area (Å²) in [5.41, 5.74) is 2.11. The normalized spacial score (nSPS) is 19.2. The zero-order chi connectivity index (χ0) is 21.3. The Kier molecular flexibility index (Phi) is 8.19. The van der Waals surface area contributed by atoms with Crippen LogP contribution in [0.4, 0.5) is 5.95 Å². The number of hydrogen-bond donors (Lipinski definition) is 0. The van der Waals surface area contributed by atoms with Crippen LogP contribution in [-0.4, -0.2) is 84.9 Å². The Labute approximate surface area is 211 Å². The van der Waals surface area contributed by atoms with Crippen LogP contribution in [0.2, 0.25) is 0 Å². The zero-order valence-electron chi connectivity index (χ0n) is 17.1. The van der Waals surface area contributed by atoms with Crippen LogP contribution in [0.25, 0.3) is 11.0 Å². The van der Waals surface area contributed by atoms with E-state index in [4.69, 9.17) is 9.72 Å². The molecule has 0 bridgehead atoms. The molecule has 10 heteroatoms. The molecule has 2 saturated heterocycles. The van der Waals surface area contributed by atoms with Gasteiger partial charge in [-0.2, -0.15) is 0 Å². The minimum atomic E-state index is 0.880. The van der Waals surface area contributed by atoms with Gasteiger partial charge < -0.3 is 14.2 Å². The summed E-state index contributed by atoms with van der Waals surface area (Å²) in [6.45, 7) is 13.6. The van der Waals surface area contributed by atoms with Gasteiger partial charge in [0.15, 0.2) is 0 Å². The maximum absolute atomic E-state index is 5.44. The average molecular weight is 673 g/mol. The van der Waals surface area contributed by atoms with E-state index in [-0.39, 0.29) is 0 Å². The fraction of sp³-hybridized carbons (Fsp3) is 0.650. The Morgan fingerprint density at radius 1 is 0.800 bits per heavy atom. The van der Waals surface area contributed by atoms with Crippen molar-refractivity contribution < 1.29 is 4.74 Å². The minimum absolute atomic E-state index is 0.880. The van der Waals surface area contributed by atoms with Crippen LogP contribution in [0.3, 0.4) is 0 Å². The van der Waals surface area contributed by atoms with Crippen molar-refractivity contribution in [3.05, 3.63) is 17.9 Å². The first-order valence-electron chi connectivity index (χ1n) is 10.5. The summed E-state index contributed by atoms with van der Waals surface area (Å²) in [5, 5.41) is 0. The first-order chi connectivity index (χ1) is 14.5. The molecule has 3 heterocycles. The largest absolute Gasteiger partial charge is 0.379 e. The lowest BCUT2D eigenvalue weighted by atomic mass is 10.2. The van der Waals surface area contributed by atoms with Gasteiger partial charge in [-0.3, -0.25) is 9.80 Å². The second-order valence-corrected chi connectivity index (χ2v) is 10.9. The third-order valence-electron chi connectivity index (χ3n) is 5.97. The monoisotopic (exact) mass is 669 g/mol. The number of benzene rings is 1. The van der Waals surface area contributed by atoms with Gasteiger partial charge in [0.1, 0.15) is 5.52 Å². The van der Waals surface area contributed by atoms with Gasteiger partial charge in [-0.25, -0.2) is 4.98 Å². The Balaban J connectivity index is 1.42. The Morgan fingerprint density at radius 3 is 2.03 bits per heavy atom. The zero-order valence-corrected chi connectivity index (χ0v) is 23.5. The van der Waals surface area contributed by atoms with Gasteiger partial charge in [0, 0.05) is 54.8 Å². The van der Waals surface area contributed by atoms with Gasteiger partial charge in [-0.05, 0) is 90.2 Å². The highest BCUT2D eigenvalue weighted by Crippen LogP contribution is 2.44. The van der Waals surface area contributed by atoms with Crippen molar-refractivity contribution in [2.75, 3.05) is 70.5 Å². The molecule has 6 nitrogen and oxygen atoms in total. The number of hydrogen-bond acceptors (Lipinski definition) is 5. The lowest BCUT2D eigenvalue weighted by Gasteiger charge is -2.36.